The van der Waals surface area contributed by atoms with Crippen molar-refractivity contribution >= 4 is 22.9 Å². The Hall–Kier alpha value is -3.00. The van der Waals surface area contributed by atoms with E-state index in [2.05, 4.69) is 15.0 Å². The third kappa shape index (κ3) is 2.80. The van der Waals surface area contributed by atoms with E-state index in [0.717, 1.165) is 6.42 Å². The van der Waals surface area contributed by atoms with Gasteiger partial charge in [0.05, 0.1) is 19.0 Å². The van der Waals surface area contributed by atoms with E-state index in [0.29, 0.717) is 24.2 Å². The fraction of sp³-hybridized carbons (Fsp3) is 0.294. The lowest BCUT2D eigenvalue weighted by Crippen LogP contribution is -2.33. The van der Waals surface area contributed by atoms with E-state index in [4.69, 9.17) is 10.5 Å². The zero-order valence-corrected chi connectivity index (χ0v) is 13.4. The molecule has 3 N–H and O–H groups in total. The maximum absolute atomic E-state index is 12.5. The van der Waals surface area contributed by atoms with Crippen LogP contribution in [0.25, 0.3) is 11.2 Å². The lowest BCUT2D eigenvalue weighted by Gasteiger charge is -2.29. The van der Waals surface area contributed by atoms with Crippen LogP contribution in [0.3, 0.4) is 0 Å². The predicted molar refractivity (Wildman–Crippen MR) is 91.3 cm³/mol. The number of nitrogen functional groups attached to an aromatic ring is 1. The van der Waals surface area contributed by atoms with Crippen LogP contribution >= 0.6 is 0 Å². The molecule has 8 nitrogen and oxygen atoms in total. The highest BCUT2D eigenvalue weighted by atomic mass is 16.5. The molecule has 2 unspecified atom stereocenters. The maximum Gasteiger partial charge on any atom is 0.280 e. The first-order valence-electron chi connectivity index (χ1n) is 8.06. The average molecular weight is 339 g/mol. The van der Waals surface area contributed by atoms with Crippen LogP contribution in [-0.2, 0) is 4.74 Å². The molecular weight excluding hydrogens is 322 g/mol. The van der Waals surface area contributed by atoms with Crippen molar-refractivity contribution in [3.05, 3.63) is 52.6 Å². The van der Waals surface area contributed by atoms with Crippen molar-refractivity contribution in [1.29, 1.82) is 0 Å². The molecule has 4 rings (SSSR count). The van der Waals surface area contributed by atoms with E-state index >= 15 is 0 Å². The largest absolute Gasteiger partial charge is 0.369 e. The standard InChI is InChI=1S/C17H17N5O3/c18-17-20-15-13(16(24)21-17)19-9-22(15)11-6-7-12(25-8-11)14(23)10-4-2-1-3-5-10/h1-5,9,11-12H,6-8H2,(H3,18,20,21,24). The Morgan fingerprint density at radius 1 is 1.28 bits per heavy atom. The summed E-state index contributed by atoms with van der Waals surface area (Å²) in [7, 11) is 0. The first-order valence-corrected chi connectivity index (χ1v) is 8.06. The van der Waals surface area contributed by atoms with E-state index in [-0.39, 0.29) is 28.8 Å². The van der Waals surface area contributed by atoms with Gasteiger partial charge in [0.1, 0.15) is 6.10 Å². The number of hydrogen-bond donors (Lipinski definition) is 2. The summed E-state index contributed by atoms with van der Waals surface area (Å²) in [5, 5.41) is 0. The second kappa shape index (κ2) is 6.14. The molecule has 0 bridgehead atoms. The monoisotopic (exact) mass is 339 g/mol. The maximum atomic E-state index is 12.5. The van der Waals surface area contributed by atoms with Crippen LogP contribution in [0.4, 0.5) is 5.95 Å². The molecule has 1 aliphatic rings. The van der Waals surface area contributed by atoms with Gasteiger partial charge in [-0.2, -0.15) is 4.98 Å². The number of fused-ring (bicyclic) bond motifs is 1. The number of H-pyrrole nitrogens is 1. The number of nitrogens with two attached hydrogens (primary N) is 1. The molecule has 1 fully saturated rings. The van der Waals surface area contributed by atoms with Crippen LogP contribution < -0.4 is 11.3 Å². The number of carbonyl (C=O) groups excluding carboxylic acids is 1. The molecule has 8 heteroatoms. The number of nitrogens with zero attached hydrogens (tertiary/aromatic N) is 3. The van der Waals surface area contributed by atoms with Crippen molar-refractivity contribution in [3.63, 3.8) is 0 Å². The van der Waals surface area contributed by atoms with Crippen molar-refractivity contribution in [2.24, 2.45) is 0 Å². The highest BCUT2D eigenvalue weighted by Gasteiger charge is 2.29. The Balaban J connectivity index is 1.53. The van der Waals surface area contributed by atoms with Gasteiger partial charge in [0.15, 0.2) is 16.9 Å². The van der Waals surface area contributed by atoms with Gasteiger partial charge in [0.2, 0.25) is 5.95 Å². The summed E-state index contributed by atoms with van der Waals surface area (Å²) < 4.78 is 7.59. The fourth-order valence-corrected chi connectivity index (χ4v) is 3.16. The summed E-state index contributed by atoms with van der Waals surface area (Å²) in [5.74, 6) is 0.0430. The molecule has 0 saturated carbocycles. The van der Waals surface area contributed by atoms with Gasteiger partial charge in [-0.3, -0.25) is 14.6 Å². The van der Waals surface area contributed by atoms with Gasteiger partial charge >= 0.3 is 0 Å². The summed E-state index contributed by atoms with van der Waals surface area (Å²) in [5.41, 5.74) is 6.59. The lowest BCUT2D eigenvalue weighted by atomic mass is 9.98. The zero-order valence-electron chi connectivity index (χ0n) is 13.4. The molecule has 0 amide bonds. The van der Waals surface area contributed by atoms with E-state index < -0.39 is 6.10 Å². The number of anilines is 1. The Morgan fingerprint density at radius 2 is 2.08 bits per heavy atom. The Morgan fingerprint density at radius 3 is 2.80 bits per heavy atom. The van der Waals surface area contributed by atoms with E-state index in [1.165, 1.54) is 0 Å². The zero-order chi connectivity index (χ0) is 17.4. The molecule has 128 valence electrons. The average Bonchev–Trinajstić information content (AvgIpc) is 3.06. The Labute approximate surface area is 142 Å². The third-order valence-corrected chi connectivity index (χ3v) is 4.45. The third-order valence-electron chi connectivity index (χ3n) is 4.45. The van der Waals surface area contributed by atoms with Crippen LogP contribution in [0.5, 0.6) is 0 Å². The van der Waals surface area contributed by atoms with Crippen molar-refractivity contribution in [2.75, 3.05) is 12.3 Å². The van der Waals surface area contributed by atoms with E-state index in [1.54, 1.807) is 23.0 Å². The molecule has 0 aliphatic carbocycles. The number of nitrogens with one attached hydrogen (secondary N) is 1. The highest BCUT2D eigenvalue weighted by molar-refractivity contribution is 5.99. The number of aromatic nitrogens is 4. The summed E-state index contributed by atoms with van der Waals surface area (Å²) in [6.45, 7) is 0.350. The Kier molecular flexibility index (Phi) is 3.81. The number of aromatic amines is 1. The normalized spacial score (nSPS) is 20.6. The number of rotatable bonds is 3. The second-order valence-corrected chi connectivity index (χ2v) is 6.06. The van der Waals surface area contributed by atoms with Gasteiger partial charge in [-0.25, -0.2) is 4.98 Å². The molecule has 25 heavy (non-hydrogen) atoms. The molecule has 3 aromatic rings. The van der Waals surface area contributed by atoms with Crippen LogP contribution in [0, 0.1) is 0 Å². The highest BCUT2D eigenvalue weighted by Crippen LogP contribution is 2.27. The number of ketones is 1. The topological polar surface area (TPSA) is 116 Å². The molecule has 0 spiro atoms. The van der Waals surface area contributed by atoms with E-state index in [1.807, 2.05) is 18.2 Å². The quantitative estimate of drug-likeness (QED) is 0.695. The van der Waals surface area contributed by atoms with Gasteiger partial charge in [-0.15, -0.1) is 0 Å². The van der Waals surface area contributed by atoms with Crippen molar-refractivity contribution < 1.29 is 9.53 Å². The predicted octanol–water partition coefficient (Wildman–Crippen LogP) is 1.30. The smallest absolute Gasteiger partial charge is 0.280 e. The summed E-state index contributed by atoms with van der Waals surface area (Å²) >= 11 is 0. The van der Waals surface area contributed by atoms with Gasteiger partial charge in [-0.1, -0.05) is 30.3 Å². The minimum absolute atomic E-state index is 0.00615. The number of Topliss-reactive ketones (excluding diaryl/α,β-unsaturated/α-hetero) is 1. The minimum Gasteiger partial charge on any atom is -0.369 e. The van der Waals surface area contributed by atoms with Gasteiger partial charge < -0.3 is 15.0 Å². The minimum atomic E-state index is -0.449. The number of imidazole rings is 1. The molecule has 0 radical (unpaired) electrons. The first kappa shape index (κ1) is 15.5. The Bertz CT molecular complexity index is 971. The van der Waals surface area contributed by atoms with Gasteiger partial charge in [-0.05, 0) is 12.8 Å². The lowest BCUT2D eigenvalue weighted by molar-refractivity contribution is -0.00163. The van der Waals surface area contributed by atoms with Crippen LogP contribution in [0.15, 0.2) is 41.5 Å². The molecule has 1 aromatic carbocycles. The van der Waals surface area contributed by atoms with Crippen molar-refractivity contribution in [1.82, 2.24) is 19.5 Å². The van der Waals surface area contributed by atoms with Gasteiger partial charge in [0.25, 0.3) is 5.56 Å². The molecule has 3 heterocycles. The summed E-state index contributed by atoms with van der Waals surface area (Å²) in [6.07, 6.45) is 2.44. The number of hydrogen-bond acceptors (Lipinski definition) is 6. The molecule has 2 aromatic heterocycles. The summed E-state index contributed by atoms with van der Waals surface area (Å²) in [4.78, 5) is 35.1. The van der Waals surface area contributed by atoms with Crippen LogP contribution in [0.2, 0.25) is 0 Å². The number of ether oxygens (including phenoxy) is 1. The number of carbonyl (C=O) groups is 1. The second-order valence-electron chi connectivity index (χ2n) is 6.06. The molecule has 1 saturated heterocycles. The van der Waals surface area contributed by atoms with Crippen LogP contribution in [0.1, 0.15) is 29.2 Å². The fourth-order valence-electron chi connectivity index (χ4n) is 3.16. The van der Waals surface area contributed by atoms with Crippen LogP contribution in [-0.4, -0.2) is 38.0 Å². The number of benzene rings is 1. The molecule has 1 aliphatic heterocycles. The molecule has 2 atom stereocenters. The summed E-state index contributed by atoms with van der Waals surface area (Å²) in [6, 6.07) is 9.09. The first-order chi connectivity index (χ1) is 12.1. The SMILES string of the molecule is Nc1nc2c(ncn2C2CCC(C(=O)c3ccccc3)OC2)c(=O)[nH]1. The van der Waals surface area contributed by atoms with E-state index in [9.17, 15) is 9.59 Å². The van der Waals surface area contributed by atoms with Gasteiger partial charge in [0, 0.05) is 5.56 Å². The van der Waals surface area contributed by atoms with Crippen molar-refractivity contribution in [3.8, 4) is 0 Å². The van der Waals surface area contributed by atoms with Crippen molar-refractivity contribution in [2.45, 2.75) is 25.0 Å². The molecular formula is C17H17N5O3.